The predicted octanol–water partition coefficient (Wildman–Crippen LogP) is 4.57. The van der Waals surface area contributed by atoms with E-state index in [1.807, 2.05) is 31.2 Å². The van der Waals surface area contributed by atoms with Gasteiger partial charge in [0.1, 0.15) is 5.75 Å². The van der Waals surface area contributed by atoms with E-state index in [9.17, 15) is 14.7 Å². The second-order valence-electron chi connectivity index (χ2n) is 7.78. The number of ether oxygens (including phenoxy) is 2. The number of hydrogen-bond acceptors (Lipinski definition) is 5. The fourth-order valence-corrected chi connectivity index (χ4v) is 4.88. The summed E-state index contributed by atoms with van der Waals surface area (Å²) in [5.41, 5.74) is 3.17. The van der Waals surface area contributed by atoms with Gasteiger partial charge in [0.15, 0.2) is 17.3 Å². The van der Waals surface area contributed by atoms with E-state index < -0.39 is 0 Å². The minimum Gasteiger partial charge on any atom is -0.503 e. The molecule has 0 bridgehead atoms. The maximum Gasteiger partial charge on any atom is 0.225 e. The number of amides is 1. The van der Waals surface area contributed by atoms with E-state index >= 15 is 0 Å². The summed E-state index contributed by atoms with van der Waals surface area (Å²) in [5, 5.41) is 13.2. The van der Waals surface area contributed by atoms with Crippen LogP contribution in [0.25, 0.3) is 0 Å². The number of benzene rings is 2. The molecule has 2 aromatic carbocycles. The number of hydrogen-bond donors (Lipinski definition) is 2. The van der Waals surface area contributed by atoms with Gasteiger partial charge in [-0.3, -0.25) is 9.59 Å². The maximum atomic E-state index is 13.3. The molecule has 2 atom stereocenters. The van der Waals surface area contributed by atoms with Crippen molar-refractivity contribution in [2.45, 2.75) is 38.0 Å². The zero-order valence-corrected chi connectivity index (χ0v) is 19.0. The number of phenolic OH excluding ortho intramolecular Hbond substituents is 1. The molecule has 1 amide bonds. The number of rotatable bonds is 5. The Hall–Kier alpha value is -2.80. The Bertz CT molecular complexity index is 1060. The van der Waals surface area contributed by atoms with Gasteiger partial charge < -0.3 is 19.9 Å². The van der Waals surface area contributed by atoms with Gasteiger partial charge in [-0.1, -0.05) is 12.1 Å². The monoisotopic (exact) mass is 485 g/mol. The van der Waals surface area contributed by atoms with Crippen molar-refractivity contribution >= 4 is 27.6 Å². The number of carbonyl (C=O) groups excluding carboxylic acids is 2. The molecule has 31 heavy (non-hydrogen) atoms. The van der Waals surface area contributed by atoms with E-state index in [4.69, 9.17) is 9.47 Å². The van der Waals surface area contributed by atoms with Crippen LogP contribution in [0.1, 0.15) is 49.1 Å². The molecule has 0 aromatic heterocycles. The maximum absolute atomic E-state index is 13.3. The Kier molecular flexibility index (Phi) is 6.05. The lowest BCUT2D eigenvalue weighted by Crippen LogP contribution is -2.38. The molecule has 0 fully saturated rings. The third-order valence-electron chi connectivity index (χ3n) is 5.88. The van der Waals surface area contributed by atoms with Crippen LogP contribution in [0.5, 0.6) is 17.2 Å². The minimum atomic E-state index is -0.371. The molecule has 4 rings (SSSR count). The normalized spacial score (nSPS) is 20.9. The fourth-order valence-electron chi connectivity index (χ4n) is 4.42. The molecule has 162 valence electrons. The second-order valence-corrected chi connectivity index (χ2v) is 8.64. The Balaban J connectivity index is 1.70. The zero-order chi connectivity index (χ0) is 22.1. The highest BCUT2D eigenvalue weighted by atomic mass is 79.9. The Morgan fingerprint density at radius 3 is 2.52 bits per heavy atom. The van der Waals surface area contributed by atoms with Crippen LogP contribution in [0, 0.1) is 0 Å². The van der Waals surface area contributed by atoms with Crippen LogP contribution < -0.4 is 14.8 Å². The molecule has 1 aliphatic carbocycles. The Morgan fingerprint density at radius 2 is 1.84 bits per heavy atom. The highest BCUT2D eigenvalue weighted by Crippen LogP contribution is 2.45. The van der Waals surface area contributed by atoms with Gasteiger partial charge in [-0.15, -0.1) is 0 Å². The average Bonchev–Trinajstić information content (AvgIpc) is 2.76. The van der Waals surface area contributed by atoms with Crippen molar-refractivity contribution in [3.63, 3.8) is 0 Å². The van der Waals surface area contributed by atoms with Crippen molar-refractivity contribution in [1.29, 1.82) is 0 Å². The number of phenols is 1. The van der Waals surface area contributed by atoms with E-state index in [1.54, 1.807) is 19.2 Å². The van der Waals surface area contributed by atoms with Crippen molar-refractivity contribution in [2.24, 2.45) is 0 Å². The van der Waals surface area contributed by atoms with Gasteiger partial charge in [-0.2, -0.15) is 0 Å². The molecule has 2 aromatic rings. The first-order valence-electron chi connectivity index (χ1n) is 10.3. The molecular weight excluding hydrogens is 462 g/mol. The smallest absolute Gasteiger partial charge is 0.225 e. The number of aromatic hydroxyl groups is 1. The molecule has 0 saturated heterocycles. The van der Waals surface area contributed by atoms with Gasteiger partial charge >= 0.3 is 0 Å². The molecule has 0 radical (unpaired) electrons. The van der Waals surface area contributed by atoms with Crippen LogP contribution in [0.4, 0.5) is 0 Å². The second kappa shape index (κ2) is 8.75. The van der Waals surface area contributed by atoms with Gasteiger partial charge in [0, 0.05) is 30.0 Å². The van der Waals surface area contributed by atoms with E-state index in [0.717, 1.165) is 16.9 Å². The first-order chi connectivity index (χ1) is 14.9. The number of nitrogens with one attached hydrogen (secondary N) is 1. The first kappa shape index (κ1) is 21.4. The van der Waals surface area contributed by atoms with Crippen LogP contribution >= 0.6 is 15.9 Å². The first-order valence-corrected chi connectivity index (χ1v) is 11.1. The molecule has 1 aliphatic heterocycles. The molecule has 6 nitrogen and oxygen atoms in total. The van der Waals surface area contributed by atoms with Crippen molar-refractivity contribution < 1.29 is 24.2 Å². The molecule has 1 heterocycles. The fraction of sp³-hybridized carbons (Fsp3) is 0.333. The van der Waals surface area contributed by atoms with Crippen molar-refractivity contribution in [3.05, 3.63) is 63.3 Å². The summed E-state index contributed by atoms with van der Waals surface area (Å²) >= 11 is 3.36. The summed E-state index contributed by atoms with van der Waals surface area (Å²) in [5.74, 6) is 0.656. The minimum absolute atomic E-state index is 0.00162. The van der Waals surface area contributed by atoms with Crippen LogP contribution in [0.15, 0.2) is 52.1 Å². The van der Waals surface area contributed by atoms with Crippen LogP contribution in [-0.4, -0.2) is 30.5 Å². The lowest BCUT2D eigenvalue weighted by Gasteiger charge is -2.34. The predicted molar refractivity (Wildman–Crippen MR) is 119 cm³/mol. The van der Waals surface area contributed by atoms with Crippen LogP contribution in [0.2, 0.25) is 0 Å². The highest BCUT2D eigenvalue weighted by molar-refractivity contribution is 9.10. The summed E-state index contributed by atoms with van der Waals surface area (Å²) in [7, 11) is 1.62. The van der Waals surface area contributed by atoms with E-state index in [0.29, 0.717) is 40.9 Å². The summed E-state index contributed by atoms with van der Waals surface area (Å²) in [6.45, 7) is 2.23. The molecule has 0 spiro atoms. The highest BCUT2D eigenvalue weighted by Gasteiger charge is 2.38. The SMILES string of the molecule is CCOc1cc([C@@H]2CC(=O)NC3=C2C(=O)C[C@H](c2ccc(OC)cc2)C3)cc(Br)c1O. The quantitative estimate of drug-likeness (QED) is 0.647. The van der Waals surface area contributed by atoms with Crippen molar-refractivity contribution in [2.75, 3.05) is 13.7 Å². The van der Waals surface area contributed by atoms with Gasteiger partial charge in [-0.25, -0.2) is 0 Å². The summed E-state index contributed by atoms with van der Waals surface area (Å²) in [6.07, 6.45) is 1.16. The summed E-state index contributed by atoms with van der Waals surface area (Å²) in [4.78, 5) is 25.8. The number of ketones is 1. The van der Waals surface area contributed by atoms with Crippen molar-refractivity contribution in [3.8, 4) is 17.2 Å². The standard InChI is InChI=1S/C24H24BrNO5/c1-3-31-21-11-15(8-18(25)24(21)29)17-12-22(28)26-19-9-14(10-20(27)23(17)19)13-4-6-16(30-2)7-5-13/h4-8,11,14,17,29H,3,9-10,12H2,1-2H3,(H,26,28)/t14-,17+/m1/s1. The van der Waals surface area contributed by atoms with Crippen LogP contribution in [-0.2, 0) is 9.59 Å². The molecule has 2 aliphatic rings. The zero-order valence-electron chi connectivity index (χ0n) is 17.4. The summed E-state index contributed by atoms with van der Waals surface area (Å²) < 4.78 is 11.2. The lowest BCUT2D eigenvalue weighted by molar-refractivity contribution is -0.122. The van der Waals surface area contributed by atoms with Crippen molar-refractivity contribution in [1.82, 2.24) is 5.32 Å². The summed E-state index contributed by atoms with van der Waals surface area (Å²) in [6, 6.07) is 11.2. The van der Waals surface area contributed by atoms with E-state index in [-0.39, 0.29) is 35.7 Å². The molecular formula is C24H24BrNO5. The van der Waals surface area contributed by atoms with Gasteiger partial charge in [-0.05, 0) is 70.6 Å². The number of halogens is 1. The van der Waals surface area contributed by atoms with Gasteiger partial charge in [0.05, 0.1) is 18.2 Å². The third kappa shape index (κ3) is 4.19. The van der Waals surface area contributed by atoms with E-state index in [1.165, 1.54) is 0 Å². The third-order valence-corrected chi connectivity index (χ3v) is 6.48. The Morgan fingerprint density at radius 1 is 1.10 bits per heavy atom. The number of Topliss-reactive ketones (excluding diaryl/α,β-unsaturated/α-hetero) is 1. The Labute approximate surface area is 189 Å². The molecule has 0 saturated carbocycles. The number of carbonyl (C=O) groups is 2. The number of allylic oxidation sites excluding steroid dienone is 2. The average molecular weight is 486 g/mol. The van der Waals surface area contributed by atoms with Gasteiger partial charge in [0.25, 0.3) is 0 Å². The van der Waals surface area contributed by atoms with Gasteiger partial charge in [0.2, 0.25) is 5.91 Å². The number of methoxy groups -OCH3 is 1. The van der Waals surface area contributed by atoms with Crippen LogP contribution in [0.3, 0.4) is 0 Å². The lowest BCUT2D eigenvalue weighted by atomic mass is 9.73. The molecule has 7 heteroatoms. The topological polar surface area (TPSA) is 84.9 Å². The van der Waals surface area contributed by atoms with E-state index in [2.05, 4.69) is 21.2 Å². The molecule has 0 unspecified atom stereocenters. The largest absolute Gasteiger partial charge is 0.503 e. The molecule has 2 N–H and O–H groups in total.